The van der Waals surface area contributed by atoms with E-state index in [4.69, 9.17) is 15.2 Å². The predicted octanol–water partition coefficient (Wildman–Crippen LogP) is 3.14. The number of benzene rings is 2. The maximum absolute atomic E-state index is 6.46. The first-order chi connectivity index (χ1) is 15.2. The number of hydrogen-bond acceptors (Lipinski definition) is 8. The SMILES string of the molecule is COc1ccc(Nc2ncnc(N3CCN(Cc4ccccc4)CC3)c2N)c(OC)c1. The zero-order chi connectivity index (χ0) is 21.6. The van der Waals surface area contributed by atoms with Crippen LogP contribution in [0.2, 0.25) is 0 Å². The topological polar surface area (TPSA) is 88.8 Å². The van der Waals surface area contributed by atoms with Gasteiger partial charge in [0, 0.05) is 38.8 Å². The fourth-order valence-corrected chi connectivity index (χ4v) is 3.73. The molecule has 2 heterocycles. The van der Waals surface area contributed by atoms with Gasteiger partial charge in [0.15, 0.2) is 11.6 Å². The minimum absolute atomic E-state index is 0.525. The predicted molar refractivity (Wildman–Crippen MR) is 123 cm³/mol. The van der Waals surface area contributed by atoms with Crippen molar-refractivity contribution in [3.05, 3.63) is 60.4 Å². The van der Waals surface area contributed by atoms with Gasteiger partial charge in [0.25, 0.3) is 0 Å². The van der Waals surface area contributed by atoms with Gasteiger partial charge in [-0.3, -0.25) is 4.90 Å². The number of hydrogen-bond donors (Lipinski definition) is 2. The van der Waals surface area contributed by atoms with Crippen molar-refractivity contribution in [2.45, 2.75) is 6.54 Å². The second kappa shape index (κ2) is 9.53. The van der Waals surface area contributed by atoms with Gasteiger partial charge >= 0.3 is 0 Å². The Morgan fingerprint density at radius 1 is 0.968 bits per heavy atom. The van der Waals surface area contributed by atoms with Gasteiger partial charge in [-0.25, -0.2) is 9.97 Å². The Bertz CT molecular complexity index is 1010. The molecule has 0 saturated carbocycles. The van der Waals surface area contributed by atoms with Crippen LogP contribution < -0.4 is 25.4 Å². The molecule has 0 unspecified atom stereocenters. The highest BCUT2D eigenvalue weighted by Crippen LogP contribution is 2.34. The number of nitrogens with one attached hydrogen (secondary N) is 1. The van der Waals surface area contributed by atoms with Crippen LogP contribution in [0.15, 0.2) is 54.9 Å². The van der Waals surface area contributed by atoms with E-state index in [0.29, 0.717) is 23.0 Å². The summed E-state index contributed by atoms with van der Waals surface area (Å²) < 4.78 is 10.7. The lowest BCUT2D eigenvalue weighted by Crippen LogP contribution is -2.46. The fourth-order valence-electron chi connectivity index (χ4n) is 3.73. The highest BCUT2D eigenvalue weighted by molar-refractivity contribution is 5.80. The standard InChI is InChI=1S/C23H28N6O2/c1-30-18-8-9-19(20(14-18)31-2)27-22-21(24)23(26-16-25-22)29-12-10-28(11-13-29)15-17-6-4-3-5-7-17/h3-9,14,16H,10-13,15,24H2,1-2H3,(H,25,26,27). The Morgan fingerprint density at radius 2 is 1.74 bits per heavy atom. The Morgan fingerprint density at radius 3 is 2.45 bits per heavy atom. The van der Waals surface area contributed by atoms with E-state index in [0.717, 1.165) is 44.2 Å². The lowest BCUT2D eigenvalue weighted by Gasteiger charge is -2.36. The van der Waals surface area contributed by atoms with Crippen LogP contribution in [0.4, 0.5) is 23.0 Å². The quantitative estimate of drug-likeness (QED) is 0.603. The van der Waals surface area contributed by atoms with Gasteiger partial charge in [-0.15, -0.1) is 0 Å². The minimum Gasteiger partial charge on any atom is -0.497 e. The van der Waals surface area contributed by atoms with E-state index in [2.05, 4.69) is 49.4 Å². The van der Waals surface area contributed by atoms with Gasteiger partial charge < -0.3 is 25.4 Å². The maximum atomic E-state index is 6.46. The van der Waals surface area contributed by atoms with Crippen molar-refractivity contribution < 1.29 is 9.47 Å². The third kappa shape index (κ3) is 4.80. The first-order valence-corrected chi connectivity index (χ1v) is 10.3. The van der Waals surface area contributed by atoms with Crippen LogP contribution in [0.5, 0.6) is 11.5 Å². The van der Waals surface area contributed by atoms with Crippen LogP contribution >= 0.6 is 0 Å². The van der Waals surface area contributed by atoms with Crippen LogP contribution in [0.1, 0.15) is 5.56 Å². The van der Waals surface area contributed by atoms with Crippen molar-refractivity contribution >= 4 is 23.0 Å². The molecule has 0 aliphatic carbocycles. The molecular weight excluding hydrogens is 392 g/mol. The smallest absolute Gasteiger partial charge is 0.159 e. The van der Waals surface area contributed by atoms with Gasteiger partial charge in [0.2, 0.25) is 0 Å². The lowest BCUT2D eigenvalue weighted by atomic mass is 10.2. The average molecular weight is 421 g/mol. The Hall–Kier alpha value is -3.52. The van der Waals surface area contributed by atoms with E-state index >= 15 is 0 Å². The van der Waals surface area contributed by atoms with Crippen molar-refractivity contribution in [3.63, 3.8) is 0 Å². The van der Waals surface area contributed by atoms with Gasteiger partial charge in [0.05, 0.1) is 19.9 Å². The van der Waals surface area contributed by atoms with E-state index < -0.39 is 0 Å². The molecule has 0 spiro atoms. The Labute approximate surface area is 182 Å². The molecule has 0 radical (unpaired) electrons. The first-order valence-electron chi connectivity index (χ1n) is 10.3. The summed E-state index contributed by atoms with van der Waals surface area (Å²) in [6, 6.07) is 16.1. The number of ether oxygens (including phenoxy) is 2. The Balaban J connectivity index is 1.45. The summed E-state index contributed by atoms with van der Waals surface area (Å²) in [5.41, 5.74) is 9.07. The summed E-state index contributed by atoms with van der Waals surface area (Å²) >= 11 is 0. The largest absolute Gasteiger partial charge is 0.497 e. The molecule has 0 bridgehead atoms. The van der Waals surface area contributed by atoms with E-state index in [-0.39, 0.29) is 0 Å². The molecule has 8 nitrogen and oxygen atoms in total. The molecule has 1 aliphatic rings. The maximum Gasteiger partial charge on any atom is 0.159 e. The molecule has 0 atom stereocenters. The third-order valence-electron chi connectivity index (χ3n) is 5.45. The molecule has 3 aromatic rings. The Kier molecular flexibility index (Phi) is 6.37. The summed E-state index contributed by atoms with van der Waals surface area (Å²) in [4.78, 5) is 13.5. The number of anilines is 4. The van der Waals surface area contributed by atoms with Crippen LogP contribution in [0, 0.1) is 0 Å². The fraction of sp³-hybridized carbons (Fsp3) is 0.304. The molecular formula is C23H28N6O2. The van der Waals surface area contributed by atoms with E-state index in [1.807, 2.05) is 24.3 Å². The lowest BCUT2D eigenvalue weighted by molar-refractivity contribution is 0.249. The molecule has 162 valence electrons. The average Bonchev–Trinajstić information content (AvgIpc) is 2.82. The van der Waals surface area contributed by atoms with Crippen LogP contribution in [0.3, 0.4) is 0 Å². The van der Waals surface area contributed by atoms with Crippen LogP contribution in [0.25, 0.3) is 0 Å². The number of nitrogens with zero attached hydrogens (tertiary/aromatic N) is 4. The van der Waals surface area contributed by atoms with Crippen LogP contribution in [-0.4, -0.2) is 55.3 Å². The summed E-state index contributed by atoms with van der Waals surface area (Å²) in [6.45, 7) is 4.58. The molecule has 4 rings (SSSR count). The molecule has 31 heavy (non-hydrogen) atoms. The van der Waals surface area contributed by atoms with Gasteiger partial charge in [0.1, 0.15) is 23.5 Å². The zero-order valence-electron chi connectivity index (χ0n) is 17.9. The van der Waals surface area contributed by atoms with Crippen molar-refractivity contribution in [2.75, 3.05) is 56.3 Å². The minimum atomic E-state index is 0.525. The number of aromatic nitrogens is 2. The van der Waals surface area contributed by atoms with Crippen molar-refractivity contribution in [3.8, 4) is 11.5 Å². The summed E-state index contributed by atoms with van der Waals surface area (Å²) in [7, 11) is 3.24. The molecule has 8 heteroatoms. The first kappa shape index (κ1) is 20.7. The molecule has 1 aromatic heterocycles. The van der Waals surface area contributed by atoms with Crippen molar-refractivity contribution in [1.29, 1.82) is 0 Å². The number of rotatable bonds is 7. The van der Waals surface area contributed by atoms with E-state index in [1.54, 1.807) is 20.5 Å². The van der Waals surface area contributed by atoms with Gasteiger partial charge in [-0.05, 0) is 17.7 Å². The van der Waals surface area contributed by atoms with Gasteiger partial charge in [-0.1, -0.05) is 30.3 Å². The van der Waals surface area contributed by atoms with Crippen molar-refractivity contribution in [1.82, 2.24) is 14.9 Å². The molecule has 1 saturated heterocycles. The monoisotopic (exact) mass is 420 g/mol. The molecule has 1 aliphatic heterocycles. The number of piperazine rings is 1. The van der Waals surface area contributed by atoms with E-state index in [1.165, 1.54) is 5.56 Å². The van der Waals surface area contributed by atoms with Gasteiger partial charge in [-0.2, -0.15) is 0 Å². The number of nitrogens with two attached hydrogens (primary N) is 1. The second-order valence-corrected chi connectivity index (χ2v) is 7.40. The highest BCUT2D eigenvalue weighted by atomic mass is 16.5. The summed E-state index contributed by atoms with van der Waals surface area (Å²) in [5.74, 6) is 2.67. The van der Waals surface area contributed by atoms with E-state index in [9.17, 15) is 0 Å². The third-order valence-corrected chi connectivity index (χ3v) is 5.45. The van der Waals surface area contributed by atoms with Crippen LogP contribution in [-0.2, 0) is 6.54 Å². The normalized spacial score (nSPS) is 14.3. The number of nitrogen functional groups attached to an aromatic ring is 1. The molecule has 1 fully saturated rings. The number of methoxy groups -OCH3 is 2. The molecule has 3 N–H and O–H groups in total. The second-order valence-electron chi connectivity index (χ2n) is 7.40. The zero-order valence-corrected chi connectivity index (χ0v) is 17.9. The molecule has 2 aromatic carbocycles. The van der Waals surface area contributed by atoms with Crippen molar-refractivity contribution in [2.24, 2.45) is 0 Å². The highest BCUT2D eigenvalue weighted by Gasteiger charge is 2.21. The molecule has 0 amide bonds. The summed E-state index contributed by atoms with van der Waals surface area (Å²) in [6.07, 6.45) is 1.54. The summed E-state index contributed by atoms with van der Waals surface area (Å²) in [5, 5.41) is 3.27.